The Bertz CT molecular complexity index is 272. The second-order valence-electron chi connectivity index (χ2n) is 3.06. The van der Waals surface area contributed by atoms with Gasteiger partial charge in [-0.25, -0.2) is 8.42 Å². The summed E-state index contributed by atoms with van der Waals surface area (Å²) in [7, 11) is -3.35. The third-order valence-corrected chi connectivity index (χ3v) is 3.17. The molecule has 1 amide bonds. The van der Waals surface area contributed by atoms with Gasteiger partial charge in [0, 0.05) is 12.3 Å². The molecule has 5 nitrogen and oxygen atoms in total. The normalized spacial score (nSPS) is 16.3. The molecule has 0 aromatic heterocycles. The molecule has 0 aliphatic heterocycles. The smallest absolute Gasteiger partial charge is 0.238 e. The van der Waals surface area contributed by atoms with Crippen molar-refractivity contribution < 1.29 is 18.3 Å². The maximum atomic E-state index is 11.2. The van der Waals surface area contributed by atoms with Crippen molar-refractivity contribution in [1.29, 1.82) is 0 Å². The van der Waals surface area contributed by atoms with Gasteiger partial charge in [0.15, 0.2) is 9.84 Å². The van der Waals surface area contributed by atoms with Crippen LogP contribution in [0.2, 0.25) is 0 Å². The predicted molar refractivity (Wildman–Crippen MR) is 49.0 cm³/mol. The van der Waals surface area contributed by atoms with Crippen molar-refractivity contribution >= 4 is 15.7 Å². The number of nitrogens with one attached hydrogen (secondary N) is 1. The lowest BCUT2D eigenvalue weighted by molar-refractivity contribution is -0.121. The Balaban J connectivity index is 4.29. The number of amides is 1. The molecule has 1 unspecified atom stereocenters. The van der Waals surface area contributed by atoms with E-state index in [1.807, 2.05) is 0 Å². The van der Waals surface area contributed by atoms with E-state index in [1.165, 1.54) is 6.92 Å². The van der Waals surface area contributed by atoms with Gasteiger partial charge in [-0.3, -0.25) is 4.79 Å². The van der Waals surface area contributed by atoms with Crippen LogP contribution in [0.4, 0.5) is 0 Å². The second-order valence-corrected chi connectivity index (χ2v) is 5.43. The molecular formula is C7H15NO4S. The van der Waals surface area contributed by atoms with Gasteiger partial charge >= 0.3 is 0 Å². The van der Waals surface area contributed by atoms with Crippen LogP contribution in [-0.2, 0) is 14.6 Å². The molecule has 2 N–H and O–H groups in total. The van der Waals surface area contributed by atoms with Crippen LogP contribution in [0.5, 0.6) is 0 Å². The number of hydrogen-bond acceptors (Lipinski definition) is 4. The van der Waals surface area contributed by atoms with E-state index in [9.17, 15) is 13.2 Å². The third kappa shape index (κ3) is 4.23. The van der Waals surface area contributed by atoms with Crippen LogP contribution in [0.25, 0.3) is 0 Å². The van der Waals surface area contributed by atoms with E-state index in [2.05, 4.69) is 5.32 Å². The average molecular weight is 209 g/mol. The summed E-state index contributed by atoms with van der Waals surface area (Å²) in [5, 5.41) is 9.90. The van der Waals surface area contributed by atoms with Gasteiger partial charge in [-0.2, -0.15) is 0 Å². The number of hydrogen-bond donors (Lipinski definition) is 2. The van der Waals surface area contributed by atoms with Crippen molar-refractivity contribution in [3.8, 4) is 0 Å². The summed E-state index contributed by atoms with van der Waals surface area (Å²) in [4.78, 5) is 11.2. The molecule has 0 fully saturated rings. The Hall–Kier alpha value is -0.620. The van der Waals surface area contributed by atoms with E-state index in [4.69, 9.17) is 5.11 Å². The zero-order valence-corrected chi connectivity index (χ0v) is 8.76. The minimum absolute atomic E-state index is 0.206. The van der Waals surface area contributed by atoms with Crippen molar-refractivity contribution in [3.05, 3.63) is 0 Å². The Morgan fingerprint density at radius 3 is 2.23 bits per heavy atom. The molecule has 0 saturated carbocycles. The van der Waals surface area contributed by atoms with Gasteiger partial charge in [0.1, 0.15) is 5.25 Å². The first-order valence-corrected chi connectivity index (χ1v) is 5.84. The van der Waals surface area contributed by atoms with E-state index in [0.29, 0.717) is 0 Å². The summed E-state index contributed by atoms with van der Waals surface area (Å²) < 4.78 is 21.8. The molecule has 0 aliphatic rings. The molecule has 78 valence electrons. The fourth-order valence-electron chi connectivity index (χ4n) is 0.600. The van der Waals surface area contributed by atoms with E-state index in [1.54, 1.807) is 6.92 Å². The van der Waals surface area contributed by atoms with Crippen molar-refractivity contribution in [1.82, 2.24) is 5.32 Å². The molecule has 0 bridgehead atoms. The largest absolute Gasteiger partial charge is 0.394 e. The fourth-order valence-corrected chi connectivity index (χ4v) is 1.06. The van der Waals surface area contributed by atoms with Gasteiger partial charge in [-0.1, -0.05) is 0 Å². The lowest BCUT2D eigenvalue weighted by atomic mass is 10.3. The van der Waals surface area contributed by atoms with Crippen molar-refractivity contribution in [2.45, 2.75) is 25.1 Å². The predicted octanol–water partition coefficient (Wildman–Crippen LogP) is -1.08. The monoisotopic (exact) mass is 209 g/mol. The molecule has 0 saturated heterocycles. The maximum Gasteiger partial charge on any atom is 0.238 e. The Morgan fingerprint density at radius 1 is 1.46 bits per heavy atom. The Labute approximate surface area is 78.1 Å². The highest BCUT2D eigenvalue weighted by Gasteiger charge is 2.24. The summed E-state index contributed by atoms with van der Waals surface area (Å²) in [6.45, 7) is 2.70. The summed E-state index contributed by atoms with van der Waals surface area (Å²) in [6.07, 6.45) is 1.00. The summed E-state index contributed by atoms with van der Waals surface area (Å²) in [6, 6.07) is -0.420. The van der Waals surface area contributed by atoms with Crippen molar-refractivity contribution in [2.75, 3.05) is 12.9 Å². The van der Waals surface area contributed by atoms with E-state index in [-0.39, 0.29) is 6.61 Å². The van der Waals surface area contributed by atoms with Crippen LogP contribution in [0.15, 0.2) is 0 Å². The quantitative estimate of drug-likeness (QED) is 0.616. The minimum Gasteiger partial charge on any atom is -0.394 e. The topological polar surface area (TPSA) is 83.5 Å². The number of carbonyl (C=O) groups excluding carboxylic acids is 1. The summed E-state index contributed by atoms with van der Waals surface area (Å²) >= 11 is 0. The van der Waals surface area contributed by atoms with Crippen LogP contribution in [0.1, 0.15) is 13.8 Å². The number of aliphatic hydroxyl groups is 1. The van der Waals surface area contributed by atoms with Gasteiger partial charge in [0.25, 0.3) is 0 Å². The van der Waals surface area contributed by atoms with Gasteiger partial charge < -0.3 is 10.4 Å². The fraction of sp³-hybridized carbons (Fsp3) is 0.857. The Morgan fingerprint density at radius 2 is 1.92 bits per heavy atom. The minimum atomic E-state index is -3.35. The molecule has 0 aliphatic carbocycles. The van der Waals surface area contributed by atoms with Gasteiger partial charge in [-0.05, 0) is 13.8 Å². The van der Waals surface area contributed by atoms with Crippen molar-refractivity contribution in [2.24, 2.45) is 0 Å². The van der Waals surface area contributed by atoms with Crippen LogP contribution >= 0.6 is 0 Å². The summed E-state index contributed by atoms with van der Waals surface area (Å²) in [5.74, 6) is -0.580. The maximum absolute atomic E-state index is 11.2. The zero-order valence-electron chi connectivity index (χ0n) is 7.94. The standard InChI is InChI=1S/C7H15NO4S/c1-5(4-9)8-7(10)6(2)13(3,11)12/h5-6,9H,4H2,1-3H3,(H,8,10)/t5-,6?/m0/s1. The van der Waals surface area contributed by atoms with Crippen molar-refractivity contribution in [3.63, 3.8) is 0 Å². The molecule has 6 heteroatoms. The highest BCUT2D eigenvalue weighted by atomic mass is 32.2. The highest BCUT2D eigenvalue weighted by Crippen LogP contribution is 1.98. The van der Waals surface area contributed by atoms with Crippen LogP contribution in [0, 0.1) is 0 Å². The van der Waals surface area contributed by atoms with E-state index < -0.39 is 27.0 Å². The molecule has 0 aromatic carbocycles. The number of carbonyl (C=O) groups is 1. The third-order valence-electron chi connectivity index (χ3n) is 1.67. The highest BCUT2D eigenvalue weighted by molar-refractivity contribution is 7.92. The average Bonchev–Trinajstić information content (AvgIpc) is 2.01. The molecule has 0 aromatic rings. The number of aliphatic hydroxyl groups excluding tert-OH is 1. The lowest BCUT2D eigenvalue weighted by Crippen LogP contribution is -2.43. The molecule has 0 rings (SSSR count). The first kappa shape index (κ1) is 12.4. The first-order chi connectivity index (χ1) is 5.79. The van der Waals surface area contributed by atoms with Crippen LogP contribution < -0.4 is 5.32 Å². The first-order valence-electron chi connectivity index (χ1n) is 3.89. The molecule has 2 atom stereocenters. The zero-order chi connectivity index (χ0) is 10.6. The molecule has 13 heavy (non-hydrogen) atoms. The number of rotatable bonds is 4. The Kier molecular flexibility index (Phi) is 4.35. The second kappa shape index (κ2) is 4.57. The van der Waals surface area contributed by atoms with Crippen LogP contribution in [0.3, 0.4) is 0 Å². The molecular weight excluding hydrogens is 194 g/mol. The van der Waals surface area contributed by atoms with Gasteiger partial charge in [0.05, 0.1) is 6.61 Å². The van der Waals surface area contributed by atoms with Gasteiger partial charge in [-0.15, -0.1) is 0 Å². The molecule has 0 heterocycles. The lowest BCUT2D eigenvalue weighted by Gasteiger charge is -2.14. The SMILES string of the molecule is CC(C(=O)N[C@@H](C)CO)S(C)(=O)=O. The van der Waals surface area contributed by atoms with Crippen LogP contribution in [-0.4, -0.2) is 43.6 Å². The van der Waals surface area contributed by atoms with E-state index in [0.717, 1.165) is 6.26 Å². The number of sulfone groups is 1. The van der Waals surface area contributed by atoms with Gasteiger partial charge in [0.2, 0.25) is 5.91 Å². The summed E-state index contributed by atoms with van der Waals surface area (Å²) in [5.41, 5.74) is 0. The molecule has 0 spiro atoms. The molecule has 0 radical (unpaired) electrons. The van der Waals surface area contributed by atoms with E-state index >= 15 is 0 Å².